The van der Waals surface area contributed by atoms with Crippen LogP contribution in [0, 0.1) is 11.3 Å². The van der Waals surface area contributed by atoms with Crippen molar-refractivity contribution >= 4 is 27.8 Å². The molecule has 190 valence electrons. The molecular weight excluding hydrogens is 476 g/mol. The van der Waals surface area contributed by atoms with Gasteiger partial charge in [0.25, 0.3) is 5.56 Å². The highest BCUT2D eigenvalue weighted by Crippen LogP contribution is 2.30. The lowest BCUT2D eigenvalue weighted by Gasteiger charge is -2.15. The highest BCUT2D eigenvalue weighted by Gasteiger charge is 2.22. The summed E-state index contributed by atoms with van der Waals surface area (Å²) in [5.74, 6) is 0.271. The predicted octanol–water partition coefficient (Wildman–Crippen LogP) is 5.78. The van der Waals surface area contributed by atoms with Crippen LogP contribution in [0.5, 0.6) is 0 Å². The SMILES string of the molecule is CCCCc1nc2ccccc2c(=O)n1Cc1cccc2c1c(C(=O)OCC)cn2-c1ccccc1C#N. The Morgan fingerprint density at radius 3 is 2.61 bits per heavy atom. The summed E-state index contributed by atoms with van der Waals surface area (Å²) >= 11 is 0. The second kappa shape index (κ2) is 10.7. The summed E-state index contributed by atoms with van der Waals surface area (Å²) in [5.41, 5.74) is 3.68. The average Bonchev–Trinajstić information content (AvgIpc) is 3.34. The molecule has 0 saturated carbocycles. The number of ether oxygens (including phenoxy) is 1. The maximum atomic E-state index is 13.7. The van der Waals surface area contributed by atoms with Gasteiger partial charge in [-0.1, -0.05) is 49.7 Å². The molecule has 3 aromatic carbocycles. The zero-order valence-electron chi connectivity index (χ0n) is 21.5. The van der Waals surface area contributed by atoms with Gasteiger partial charge in [0.2, 0.25) is 0 Å². The van der Waals surface area contributed by atoms with Crippen molar-refractivity contribution in [3.63, 3.8) is 0 Å². The van der Waals surface area contributed by atoms with Crippen molar-refractivity contribution in [1.29, 1.82) is 5.26 Å². The van der Waals surface area contributed by atoms with Gasteiger partial charge < -0.3 is 9.30 Å². The van der Waals surface area contributed by atoms with Crippen LogP contribution in [0.1, 0.15) is 54.0 Å². The Balaban J connectivity index is 1.75. The van der Waals surface area contributed by atoms with Gasteiger partial charge in [0.05, 0.1) is 46.4 Å². The van der Waals surface area contributed by atoms with E-state index in [-0.39, 0.29) is 18.7 Å². The summed E-state index contributed by atoms with van der Waals surface area (Å²) in [6.07, 6.45) is 4.28. The van der Waals surface area contributed by atoms with Crippen LogP contribution in [0.3, 0.4) is 0 Å². The number of nitrogens with zero attached hydrogens (tertiary/aromatic N) is 4. The molecule has 0 aliphatic heterocycles. The van der Waals surface area contributed by atoms with Crippen LogP contribution in [-0.2, 0) is 17.7 Å². The van der Waals surface area contributed by atoms with Crippen molar-refractivity contribution in [2.24, 2.45) is 0 Å². The number of hydrogen-bond acceptors (Lipinski definition) is 5. The minimum atomic E-state index is -0.451. The topological polar surface area (TPSA) is 89.9 Å². The van der Waals surface area contributed by atoms with Crippen molar-refractivity contribution in [2.45, 2.75) is 39.7 Å². The lowest BCUT2D eigenvalue weighted by atomic mass is 10.1. The summed E-state index contributed by atoms with van der Waals surface area (Å²) < 4.78 is 8.98. The van der Waals surface area contributed by atoms with Crippen molar-refractivity contribution in [1.82, 2.24) is 14.1 Å². The van der Waals surface area contributed by atoms with E-state index >= 15 is 0 Å². The number of unbranched alkanes of at least 4 members (excludes halogenated alkanes) is 1. The quantitative estimate of drug-likeness (QED) is 0.250. The first-order valence-electron chi connectivity index (χ1n) is 12.8. The van der Waals surface area contributed by atoms with Gasteiger partial charge in [-0.25, -0.2) is 9.78 Å². The second-order valence-corrected chi connectivity index (χ2v) is 9.11. The Morgan fingerprint density at radius 1 is 1.03 bits per heavy atom. The van der Waals surface area contributed by atoms with E-state index in [0.717, 1.165) is 29.7 Å². The van der Waals surface area contributed by atoms with Gasteiger partial charge in [0, 0.05) is 18.0 Å². The Hall–Kier alpha value is -4.70. The van der Waals surface area contributed by atoms with Crippen LogP contribution in [-0.4, -0.2) is 26.7 Å². The molecule has 2 heterocycles. The molecule has 0 radical (unpaired) electrons. The molecule has 0 unspecified atom stereocenters. The van der Waals surface area contributed by atoms with E-state index in [2.05, 4.69) is 13.0 Å². The molecule has 0 N–H and O–H groups in total. The molecule has 0 atom stereocenters. The molecule has 0 amide bonds. The number of para-hydroxylation sites is 2. The highest BCUT2D eigenvalue weighted by atomic mass is 16.5. The number of esters is 1. The van der Waals surface area contributed by atoms with Crippen molar-refractivity contribution in [3.05, 3.63) is 106 Å². The van der Waals surface area contributed by atoms with E-state index in [1.165, 1.54) is 0 Å². The molecule has 5 rings (SSSR count). The number of hydrogen-bond donors (Lipinski definition) is 0. The van der Waals surface area contributed by atoms with Gasteiger partial charge in [0.15, 0.2) is 0 Å². The molecule has 0 bridgehead atoms. The molecular formula is C31H28N4O3. The molecule has 0 saturated heterocycles. The molecule has 38 heavy (non-hydrogen) atoms. The largest absolute Gasteiger partial charge is 0.462 e. The number of benzene rings is 3. The van der Waals surface area contributed by atoms with Gasteiger partial charge in [-0.3, -0.25) is 9.36 Å². The Labute approximate surface area is 220 Å². The molecule has 5 aromatic rings. The van der Waals surface area contributed by atoms with E-state index < -0.39 is 5.97 Å². The maximum Gasteiger partial charge on any atom is 0.340 e. The van der Waals surface area contributed by atoms with Gasteiger partial charge >= 0.3 is 5.97 Å². The molecule has 2 aromatic heterocycles. The number of rotatable bonds is 8. The molecule has 7 heteroatoms. The summed E-state index contributed by atoms with van der Waals surface area (Å²) in [6, 6.07) is 22.6. The van der Waals surface area contributed by atoms with Crippen LogP contribution in [0.4, 0.5) is 0 Å². The molecule has 0 aliphatic rings. The summed E-state index contributed by atoms with van der Waals surface area (Å²) in [5, 5.41) is 11.0. The average molecular weight is 505 g/mol. The summed E-state index contributed by atoms with van der Waals surface area (Å²) in [6.45, 7) is 4.36. The molecule has 7 nitrogen and oxygen atoms in total. The number of nitriles is 1. The molecule has 0 spiro atoms. The van der Waals surface area contributed by atoms with Gasteiger partial charge in [-0.2, -0.15) is 5.26 Å². The fourth-order valence-electron chi connectivity index (χ4n) is 4.91. The first kappa shape index (κ1) is 25.0. The highest BCUT2D eigenvalue weighted by molar-refractivity contribution is 6.06. The van der Waals surface area contributed by atoms with Gasteiger partial charge in [-0.05, 0) is 49.2 Å². The minimum absolute atomic E-state index is 0.106. The normalized spacial score (nSPS) is 11.1. The lowest BCUT2D eigenvalue weighted by molar-refractivity contribution is 0.0528. The second-order valence-electron chi connectivity index (χ2n) is 9.11. The third-order valence-corrected chi connectivity index (χ3v) is 6.72. The summed E-state index contributed by atoms with van der Waals surface area (Å²) in [4.78, 5) is 31.6. The molecule has 0 fully saturated rings. The number of aromatic nitrogens is 3. The number of carbonyl (C=O) groups is 1. The Morgan fingerprint density at radius 2 is 1.82 bits per heavy atom. The lowest BCUT2D eigenvalue weighted by Crippen LogP contribution is -2.26. The number of fused-ring (bicyclic) bond motifs is 2. The van der Waals surface area contributed by atoms with E-state index in [9.17, 15) is 14.9 Å². The van der Waals surface area contributed by atoms with E-state index in [0.29, 0.717) is 39.5 Å². The maximum absolute atomic E-state index is 13.7. The van der Waals surface area contributed by atoms with Crippen LogP contribution in [0.15, 0.2) is 77.7 Å². The van der Waals surface area contributed by atoms with Crippen molar-refractivity contribution < 1.29 is 9.53 Å². The Kier molecular flexibility index (Phi) is 7.05. The number of carbonyl (C=O) groups excluding carboxylic acids is 1. The first-order chi connectivity index (χ1) is 18.6. The smallest absolute Gasteiger partial charge is 0.340 e. The number of aryl methyl sites for hydroxylation is 1. The summed E-state index contributed by atoms with van der Waals surface area (Å²) in [7, 11) is 0. The monoisotopic (exact) mass is 504 g/mol. The van der Waals surface area contributed by atoms with Crippen molar-refractivity contribution in [3.8, 4) is 11.8 Å². The van der Waals surface area contributed by atoms with Crippen LogP contribution in [0.25, 0.3) is 27.5 Å². The van der Waals surface area contributed by atoms with Crippen LogP contribution >= 0.6 is 0 Å². The van der Waals surface area contributed by atoms with Crippen molar-refractivity contribution in [2.75, 3.05) is 6.61 Å². The van der Waals surface area contributed by atoms with E-state index in [4.69, 9.17) is 9.72 Å². The van der Waals surface area contributed by atoms with Crippen LogP contribution in [0.2, 0.25) is 0 Å². The van der Waals surface area contributed by atoms with Gasteiger partial charge in [0.1, 0.15) is 11.9 Å². The third kappa shape index (κ3) is 4.46. The predicted molar refractivity (Wildman–Crippen MR) is 148 cm³/mol. The Bertz CT molecular complexity index is 1760. The van der Waals surface area contributed by atoms with E-state index in [1.807, 2.05) is 59.2 Å². The zero-order valence-corrected chi connectivity index (χ0v) is 21.5. The molecule has 0 aliphatic carbocycles. The fraction of sp³-hybridized carbons (Fsp3) is 0.226. The zero-order chi connectivity index (χ0) is 26.6. The first-order valence-corrected chi connectivity index (χ1v) is 12.8. The minimum Gasteiger partial charge on any atom is -0.462 e. The van der Waals surface area contributed by atoms with Gasteiger partial charge in [-0.15, -0.1) is 0 Å². The fourth-order valence-corrected chi connectivity index (χ4v) is 4.91. The standard InChI is InChI=1S/C31H28N4O3/c1-3-5-17-28-33-25-14-8-7-13-23(25)30(36)35(28)19-22-12-10-16-27-29(22)24(31(37)38-4-2)20-34(27)26-15-9-6-11-21(26)18-32/h6-16,20H,3-5,17,19H2,1-2H3. The third-order valence-electron chi connectivity index (χ3n) is 6.72. The van der Waals surface area contributed by atoms with Crippen LogP contribution < -0.4 is 5.56 Å². The van der Waals surface area contributed by atoms with E-state index in [1.54, 1.807) is 29.8 Å².